The first-order chi connectivity index (χ1) is 13.1. The summed E-state index contributed by atoms with van der Waals surface area (Å²) in [6, 6.07) is 0.441. The summed E-state index contributed by atoms with van der Waals surface area (Å²) in [7, 11) is 0. The summed E-state index contributed by atoms with van der Waals surface area (Å²) in [4.78, 5) is 38.4. The standard InChI is InChI=1S/C20H26N2O5/c23-17(19-18(24)16-15(27-19)6-3-8-21-16)14(10-12-4-1-2-5-12)22-20(25)13-7-9-26-11-13/h7,9,11-12,14-16,19,21H,1-6,8,10H2,(H,22,25). The van der Waals surface area contributed by atoms with E-state index in [9.17, 15) is 14.4 Å². The Balaban J connectivity index is 1.49. The van der Waals surface area contributed by atoms with Crippen LogP contribution < -0.4 is 10.6 Å². The van der Waals surface area contributed by atoms with Crippen molar-refractivity contribution in [3.05, 3.63) is 24.2 Å². The highest BCUT2D eigenvalue weighted by Crippen LogP contribution is 2.31. The van der Waals surface area contributed by atoms with E-state index in [1.807, 2.05) is 0 Å². The van der Waals surface area contributed by atoms with Crippen molar-refractivity contribution in [3.63, 3.8) is 0 Å². The van der Waals surface area contributed by atoms with Crippen LogP contribution in [0.3, 0.4) is 0 Å². The highest BCUT2D eigenvalue weighted by atomic mass is 16.5. The molecular formula is C20H26N2O5. The van der Waals surface area contributed by atoms with Crippen molar-refractivity contribution in [2.75, 3.05) is 6.54 Å². The van der Waals surface area contributed by atoms with Crippen LogP contribution in [0.4, 0.5) is 0 Å². The van der Waals surface area contributed by atoms with E-state index in [1.165, 1.54) is 12.5 Å². The van der Waals surface area contributed by atoms with Crippen LogP contribution in [0.25, 0.3) is 0 Å². The molecule has 1 aromatic rings. The van der Waals surface area contributed by atoms with E-state index < -0.39 is 18.2 Å². The molecule has 1 saturated carbocycles. The number of piperidine rings is 1. The van der Waals surface area contributed by atoms with Crippen molar-refractivity contribution >= 4 is 17.5 Å². The van der Waals surface area contributed by atoms with E-state index in [1.54, 1.807) is 6.07 Å². The molecule has 1 amide bonds. The van der Waals surface area contributed by atoms with Gasteiger partial charge in [0.05, 0.1) is 30.0 Å². The van der Waals surface area contributed by atoms with Gasteiger partial charge in [0.25, 0.3) is 5.91 Å². The van der Waals surface area contributed by atoms with Crippen molar-refractivity contribution in [2.24, 2.45) is 5.92 Å². The molecule has 2 saturated heterocycles. The number of fused-ring (bicyclic) bond motifs is 1. The SMILES string of the molecule is O=C(NC(CC1CCCC1)C(=O)C1OC2CCCNC2C1=O)c1ccoc1. The number of Topliss-reactive ketones (excluding diaryl/α,β-unsaturated/α-hetero) is 2. The Bertz CT molecular complexity index is 695. The fourth-order valence-corrected chi connectivity index (χ4v) is 4.55. The van der Waals surface area contributed by atoms with Gasteiger partial charge in [0.15, 0.2) is 17.7 Å². The number of amides is 1. The summed E-state index contributed by atoms with van der Waals surface area (Å²) in [5.74, 6) is -0.486. The largest absolute Gasteiger partial charge is 0.472 e. The van der Waals surface area contributed by atoms with Gasteiger partial charge in [0, 0.05) is 0 Å². The molecule has 2 aliphatic heterocycles. The zero-order valence-electron chi connectivity index (χ0n) is 15.3. The Morgan fingerprint density at radius 3 is 2.74 bits per heavy atom. The number of carbonyl (C=O) groups excluding carboxylic acids is 3. The zero-order valence-corrected chi connectivity index (χ0v) is 15.3. The van der Waals surface area contributed by atoms with Crippen LogP contribution in [-0.4, -0.2) is 48.3 Å². The molecule has 4 unspecified atom stereocenters. The maximum Gasteiger partial charge on any atom is 0.255 e. The van der Waals surface area contributed by atoms with Gasteiger partial charge in [-0.3, -0.25) is 14.4 Å². The lowest BCUT2D eigenvalue weighted by molar-refractivity contribution is -0.138. The van der Waals surface area contributed by atoms with Crippen LogP contribution in [0, 0.1) is 5.92 Å². The predicted molar refractivity (Wildman–Crippen MR) is 96.2 cm³/mol. The van der Waals surface area contributed by atoms with Crippen molar-refractivity contribution < 1.29 is 23.5 Å². The molecule has 3 heterocycles. The van der Waals surface area contributed by atoms with Gasteiger partial charge in [-0.05, 0) is 37.8 Å². The molecule has 4 atom stereocenters. The zero-order chi connectivity index (χ0) is 18.8. The Kier molecular flexibility index (Phi) is 5.41. The lowest BCUT2D eigenvalue weighted by Crippen LogP contribution is -2.50. The third-order valence-electron chi connectivity index (χ3n) is 6.01. The Morgan fingerprint density at radius 1 is 1.22 bits per heavy atom. The second-order valence-corrected chi connectivity index (χ2v) is 7.86. The molecule has 7 heteroatoms. The van der Waals surface area contributed by atoms with Gasteiger partial charge in [-0.15, -0.1) is 0 Å². The van der Waals surface area contributed by atoms with Crippen LogP contribution >= 0.6 is 0 Å². The van der Waals surface area contributed by atoms with Crippen LogP contribution in [0.2, 0.25) is 0 Å². The number of furan rings is 1. The maximum absolute atomic E-state index is 13.2. The molecule has 27 heavy (non-hydrogen) atoms. The van der Waals surface area contributed by atoms with E-state index in [-0.39, 0.29) is 23.6 Å². The molecular weight excluding hydrogens is 348 g/mol. The quantitative estimate of drug-likeness (QED) is 0.735. The molecule has 3 aliphatic rings. The summed E-state index contributed by atoms with van der Waals surface area (Å²) >= 11 is 0. The molecule has 3 fully saturated rings. The third-order valence-corrected chi connectivity index (χ3v) is 6.01. The first-order valence-corrected chi connectivity index (χ1v) is 9.93. The minimum Gasteiger partial charge on any atom is -0.472 e. The van der Waals surface area contributed by atoms with Gasteiger partial charge in [0.1, 0.15) is 6.26 Å². The van der Waals surface area contributed by atoms with Gasteiger partial charge in [0.2, 0.25) is 0 Å². The fourth-order valence-electron chi connectivity index (χ4n) is 4.55. The Labute approximate surface area is 158 Å². The van der Waals surface area contributed by atoms with E-state index in [0.29, 0.717) is 17.9 Å². The van der Waals surface area contributed by atoms with E-state index in [2.05, 4.69) is 10.6 Å². The van der Waals surface area contributed by atoms with Crippen LogP contribution in [0.15, 0.2) is 23.0 Å². The van der Waals surface area contributed by atoms with E-state index >= 15 is 0 Å². The minimum atomic E-state index is -1.08. The third kappa shape index (κ3) is 3.84. The number of ether oxygens (including phenoxy) is 1. The van der Waals surface area contributed by atoms with Crippen molar-refractivity contribution in [3.8, 4) is 0 Å². The van der Waals surface area contributed by atoms with Crippen molar-refractivity contribution in [2.45, 2.75) is 69.2 Å². The molecule has 1 aromatic heterocycles. The second kappa shape index (κ2) is 7.94. The molecule has 4 rings (SSSR count). The molecule has 0 spiro atoms. The highest BCUT2D eigenvalue weighted by molar-refractivity contribution is 6.12. The van der Waals surface area contributed by atoms with Gasteiger partial charge in [-0.1, -0.05) is 25.7 Å². The molecule has 1 aliphatic carbocycles. The van der Waals surface area contributed by atoms with Gasteiger partial charge >= 0.3 is 0 Å². The van der Waals surface area contributed by atoms with Gasteiger partial charge < -0.3 is 19.8 Å². The number of nitrogens with one attached hydrogen (secondary N) is 2. The number of ketones is 2. The normalized spacial score (nSPS) is 29.5. The Morgan fingerprint density at radius 2 is 2.04 bits per heavy atom. The summed E-state index contributed by atoms with van der Waals surface area (Å²) in [6.07, 6.45) is 8.11. The molecule has 0 aromatic carbocycles. The lowest BCUT2D eigenvalue weighted by Gasteiger charge is -2.23. The Hall–Kier alpha value is -1.99. The fraction of sp³-hybridized carbons (Fsp3) is 0.650. The van der Waals surface area contributed by atoms with Crippen LogP contribution in [-0.2, 0) is 14.3 Å². The van der Waals surface area contributed by atoms with E-state index in [0.717, 1.165) is 45.1 Å². The predicted octanol–water partition coefficient (Wildman–Crippen LogP) is 1.62. The number of hydrogen-bond acceptors (Lipinski definition) is 6. The number of rotatable bonds is 6. The number of carbonyl (C=O) groups is 3. The topological polar surface area (TPSA) is 97.6 Å². The summed E-state index contributed by atoms with van der Waals surface area (Å²) < 4.78 is 10.8. The van der Waals surface area contributed by atoms with Gasteiger partial charge in [-0.2, -0.15) is 0 Å². The highest BCUT2D eigenvalue weighted by Gasteiger charge is 2.49. The summed E-state index contributed by atoms with van der Waals surface area (Å²) in [5, 5.41) is 5.99. The molecule has 7 nitrogen and oxygen atoms in total. The lowest BCUT2D eigenvalue weighted by atomic mass is 9.91. The average Bonchev–Trinajstić information content (AvgIpc) is 3.42. The first kappa shape index (κ1) is 18.4. The van der Waals surface area contributed by atoms with Crippen molar-refractivity contribution in [1.29, 1.82) is 0 Å². The first-order valence-electron chi connectivity index (χ1n) is 9.93. The summed E-state index contributed by atoms with van der Waals surface area (Å²) in [6.45, 7) is 0.764. The molecule has 146 valence electrons. The molecule has 0 radical (unpaired) electrons. The second-order valence-electron chi connectivity index (χ2n) is 7.86. The van der Waals surface area contributed by atoms with Crippen molar-refractivity contribution in [1.82, 2.24) is 10.6 Å². The molecule has 0 bridgehead atoms. The van der Waals surface area contributed by atoms with Crippen LogP contribution in [0.1, 0.15) is 55.3 Å². The van der Waals surface area contributed by atoms with Crippen LogP contribution in [0.5, 0.6) is 0 Å². The summed E-state index contributed by atoms with van der Waals surface area (Å²) in [5.41, 5.74) is 0.369. The monoisotopic (exact) mass is 374 g/mol. The number of hydrogen-bond donors (Lipinski definition) is 2. The maximum atomic E-state index is 13.2. The van der Waals surface area contributed by atoms with E-state index in [4.69, 9.17) is 9.15 Å². The minimum absolute atomic E-state index is 0.196. The van der Waals surface area contributed by atoms with Gasteiger partial charge in [-0.25, -0.2) is 0 Å². The molecule has 2 N–H and O–H groups in total. The average molecular weight is 374 g/mol. The smallest absolute Gasteiger partial charge is 0.255 e.